The summed E-state index contributed by atoms with van der Waals surface area (Å²) < 4.78 is 0. The number of hydrogen-bond donors (Lipinski definition) is 1. The molecule has 0 saturated heterocycles. The van der Waals surface area contributed by atoms with E-state index >= 15 is 0 Å². The zero-order valence-electron chi connectivity index (χ0n) is 9.63. The average Bonchev–Trinajstić information content (AvgIpc) is 2.08. The van der Waals surface area contributed by atoms with Crippen LogP contribution in [-0.4, -0.2) is 11.2 Å². The standard InChI is InChI=1S/C13H19ClO/c1-9(2)6-12(15)8-11-5-4-10(3)7-13(11)14/h4-5,7,9,12,15H,6,8H2,1-3H3. The molecule has 0 aliphatic rings. The number of aryl methyl sites for hydroxylation is 1. The van der Waals surface area contributed by atoms with Gasteiger partial charge in [0.25, 0.3) is 0 Å². The summed E-state index contributed by atoms with van der Waals surface area (Å²) >= 11 is 6.10. The highest BCUT2D eigenvalue weighted by Crippen LogP contribution is 2.20. The molecule has 0 aliphatic heterocycles. The molecule has 0 spiro atoms. The molecule has 1 aromatic carbocycles. The first-order valence-corrected chi connectivity index (χ1v) is 5.80. The van der Waals surface area contributed by atoms with Gasteiger partial charge < -0.3 is 5.11 Å². The summed E-state index contributed by atoms with van der Waals surface area (Å²) in [5, 5.41) is 10.6. The number of aliphatic hydroxyl groups is 1. The number of hydrogen-bond acceptors (Lipinski definition) is 1. The summed E-state index contributed by atoms with van der Waals surface area (Å²) in [5.74, 6) is 0.518. The van der Waals surface area contributed by atoms with Crippen molar-refractivity contribution in [1.82, 2.24) is 0 Å². The zero-order valence-corrected chi connectivity index (χ0v) is 10.4. The molecule has 1 unspecified atom stereocenters. The third-order valence-corrected chi connectivity index (χ3v) is 2.76. The van der Waals surface area contributed by atoms with Gasteiger partial charge in [-0.1, -0.05) is 37.6 Å². The Balaban J connectivity index is 2.64. The summed E-state index contributed by atoms with van der Waals surface area (Å²) in [6.07, 6.45) is 1.19. The topological polar surface area (TPSA) is 20.2 Å². The highest BCUT2D eigenvalue weighted by molar-refractivity contribution is 6.31. The first kappa shape index (κ1) is 12.5. The van der Waals surface area contributed by atoms with Crippen LogP contribution >= 0.6 is 11.6 Å². The minimum Gasteiger partial charge on any atom is -0.393 e. The van der Waals surface area contributed by atoms with Crippen LogP contribution in [0.4, 0.5) is 0 Å². The predicted octanol–water partition coefficient (Wildman–Crippen LogP) is 3.60. The van der Waals surface area contributed by atoms with Crippen LogP contribution in [0.1, 0.15) is 31.4 Å². The van der Waals surface area contributed by atoms with Crippen molar-refractivity contribution in [2.75, 3.05) is 0 Å². The smallest absolute Gasteiger partial charge is 0.0583 e. The fourth-order valence-electron chi connectivity index (χ4n) is 1.70. The van der Waals surface area contributed by atoms with Crippen LogP contribution in [0.5, 0.6) is 0 Å². The van der Waals surface area contributed by atoms with E-state index in [4.69, 9.17) is 11.6 Å². The fourth-order valence-corrected chi connectivity index (χ4v) is 2.01. The maximum absolute atomic E-state index is 9.81. The lowest BCUT2D eigenvalue weighted by atomic mass is 9.99. The molecule has 2 heteroatoms. The summed E-state index contributed by atoms with van der Waals surface area (Å²) in [6, 6.07) is 5.98. The SMILES string of the molecule is Cc1ccc(CC(O)CC(C)C)c(Cl)c1. The van der Waals surface area contributed by atoms with Crippen LogP contribution in [0.25, 0.3) is 0 Å². The maximum Gasteiger partial charge on any atom is 0.0583 e. The third kappa shape index (κ3) is 4.23. The zero-order chi connectivity index (χ0) is 11.4. The number of aliphatic hydroxyl groups excluding tert-OH is 1. The average molecular weight is 227 g/mol. The Morgan fingerprint density at radius 3 is 2.53 bits per heavy atom. The lowest BCUT2D eigenvalue weighted by Crippen LogP contribution is -2.13. The van der Waals surface area contributed by atoms with Crippen molar-refractivity contribution in [3.63, 3.8) is 0 Å². The Morgan fingerprint density at radius 1 is 1.33 bits per heavy atom. The monoisotopic (exact) mass is 226 g/mol. The molecule has 84 valence electrons. The van der Waals surface area contributed by atoms with Crippen LogP contribution in [0, 0.1) is 12.8 Å². The molecule has 0 aliphatic carbocycles. The minimum absolute atomic E-state index is 0.287. The summed E-state index contributed by atoms with van der Waals surface area (Å²) in [6.45, 7) is 6.24. The normalized spacial score (nSPS) is 13.2. The van der Waals surface area contributed by atoms with Gasteiger partial charge in [-0.05, 0) is 42.9 Å². The van der Waals surface area contributed by atoms with Crippen LogP contribution in [-0.2, 0) is 6.42 Å². The second-order valence-electron chi connectivity index (χ2n) is 4.58. The molecule has 0 amide bonds. The van der Waals surface area contributed by atoms with Crippen LogP contribution < -0.4 is 0 Å². The van der Waals surface area contributed by atoms with Gasteiger partial charge in [0.05, 0.1) is 6.10 Å². The molecule has 1 nitrogen and oxygen atoms in total. The molecule has 1 atom stereocenters. The minimum atomic E-state index is -0.287. The summed E-state index contributed by atoms with van der Waals surface area (Å²) in [4.78, 5) is 0. The second kappa shape index (κ2) is 5.53. The number of rotatable bonds is 4. The highest BCUT2D eigenvalue weighted by atomic mass is 35.5. The van der Waals surface area contributed by atoms with Gasteiger partial charge in [-0.3, -0.25) is 0 Å². The Morgan fingerprint density at radius 2 is 2.00 bits per heavy atom. The van der Waals surface area contributed by atoms with Crippen LogP contribution in [0.3, 0.4) is 0 Å². The van der Waals surface area contributed by atoms with Crippen molar-refractivity contribution in [2.24, 2.45) is 5.92 Å². The Bertz CT molecular complexity index is 320. The van der Waals surface area contributed by atoms with Crippen molar-refractivity contribution in [1.29, 1.82) is 0 Å². The number of benzene rings is 1. The van der Waals surface area contributed by atoms with Gasteiger partial charge in [0.2, 0.25) is 0 Å². The van der Waals surface area contributed by atoms with Crippen molar-refractivity contribution in [3.8, 4) is 0 Å². The molecular weight excluding hydrogens is 208 g/mol. The molecule has 0 saturated carbocycles. The van der Waals surface area contributed by atoms with E-state index in [0.29, 0.717) is 12.3 Å². The van der Waals surface area contributed by atoms with E-state index in [-0.39, 0.29) is 6.10 Å². The predicted molar refractivity (Wildman–Crippen MR) is 65.4 cm³/mol. The fraction of sp³-hybridized carbons (Fsp3) is 0.538. The van der Waals surface area contributed by atoms with Gasteiger partial charge in [0.15, 0.2) is 0 Å². The van der Waals surface area contributed by atoms with Crippen LogP contribution in [0.2, 0.25) is 5.02 Å². The molecular formula is C13H19ClO. The molecule has 0 aromatic heterocycles. The van der Waals surface area contributed by atoms with Crippen molar-refractivity contribution >= 4 is 11.6 Å². The van der Waals surface area contributed by atoms with Crippen molar-refractivity contribution < 1.29 is 5.11 Å². The Labute approximate surface area is 97.1 Å². The van der Waals surface area contributed by atoms with Gasteiger partial charge >= 0.3 is 0 Å². The number of halogens is 1. The maximum atomic E-state index is 9.81. The van der Waals surface area contributed by atoms with Crippen molar-refractivity contribution in [3.05, 3.63) is 34.3 Å². The van der Waals surface area contributed by atoms with Gasteiger partial charge in [0, 0.05) is 5.02 Å². The third-order valence-electron chi connectivity index (χ3n) is 2.41. The first-order chi connectivity index (χ1) is 6.99. The highest BCUT2D eigenvalue weighted by Gasteiger charge is 2.10. The first-order valence-electron chi connectivity index (χ1n) is 5.42. The molecule has 0 bridgehead atoms. The van der Waals surface area contributed by atoms with E-state index in [2.05, 4.69) is 13.8 Å². The molecule has 0 radical (unpaired) electrons. The van der Waals surface area contributed by atoms with Gasteiger partial charge in [-0.2, -0.15) is 0 Å². The van der Waals surface area contributed by atoms with E-state index in [1.54, 1.807) is 0 Å². The van der Waals surface area contributed by atoms with Crippen molar-refractivity contribution in [2.45, 2.75) is 39.7 Å². The van der Waals surface area contributed by atoms with E-state index in [1.165, 1.54) is 0 Å². The summed E-state index contributed by atoms with van der Waals surface area (Å²) in [7, 11) is 0. The van der Waals surface area contributed by atoms with E-state index in [0.717, 1.165) is 22.6 Å². The molecule has 1 N–H and O–H groups in total. The lowest BCUT2D eigenvalue weighted by molar-refractivity contribution is 0.149. The van der Waals surface area contributed by atoms with Crippen LogP contribution in [0.15, 0.2) is 18.2 Å². The van der Waals surface area contributed by atoms with Gasteiger partial charge in [0.1, 0.15) is 0 Å². The van der Waals surface area contributed by atoms with E-state index in [1.807, 2.05) is 25.1 Å². The molecule has 1 rings (SSSR count). The Hall–Kier alpha value is -0.530. The second-order valence-corrected chi connectivity index (χ2v) is 4.99. The summed E-state index contributed by atoms with van der Waals surface area (Å²) in [5.41, 5.74) is 2.19. The quantitative estimate of drug-likeness (QED) is 0.832. The van der Waals surface area contributed by atoms with Gasteiger partial charge in [-0.15, -0.1) is 0 Å². The molecule has 0 fully saturated rings. The van der Waals surface area contributed by atoms with E-state index in [9.17, 15) is 5.11 Å². The van der Waals surface area contributed by atoms with Gasteiger partial charge in [-0.25, -0.2) is 0 Å². The van der Waals surface area contributed by atoms with E-state index < -0.39 is 0 Å². The molecule has 0 heterocycles. The molecule has 1 aromatic rings. The molecule has 15 heavy (non-hydrogen) atoms. The largest absolute Gasteiger partial charge is 0.393 e. The Kier molecular flexibility index (Phi) is 4.62. The lowest BCUT2D eigenvalue weighted by Gasteiger charge is -2.14.